The molecule has 1 saturated heterocycles. The molecule has 0 radical (unpaired) electrons. The SMILES string of the molecule is COc1cc(C)c(S(=O)(=O)NCCOc2cc(N3CCOCC3)nc(C)n2)cc1C. The number of hydrogen-bond donors (Lipinski definition) is 1. The number of hydrogen-bond acceptors (Lipinski definition) is 8. The Hall–Kier alpha value is -2.43. The van der Waals surface area contributed by atoms with Gasteiger partial charge in [-0.1, -0.05) is 0 Å². The minimum Gasteiger partial charge on any atom is -0.496 e. The Kier molecular flexibility index (Phi) is 7.11. The summed E-state index contributed by atoms with van der Waals surface area (Å²) in [6.45, 7) is 8.44. The van der Waals surface area contributed by atoms with Crippen molar-refractivity contribution < 1.29 is 22.6 Å². The van der Waals surface area contributed by atoms with Gasteiger partial charge in [0.05, 0.1) is 25.2 Å². The monoisotopic (exact) mass is 436 g/mol. The second-order valence-corrected chi connectivity index (χ2v) is 8.78. The molecule has 1 fully saturated rings. The molecule has 9 nitrogen and oxygen atoms in total. The van der Waals surface area contributed by atoms with Crippen molar-refractivity contribution in [2.45, 2.75) is 25.7 Å². The Morgan fingerprint density at radius 3 is 2.53 bits per heavy atom. The van der Waals surface area contributed by atoms with Crippen molar-refractivity contribution in [3.63, 3.8) is 0 Å². The fourth-order valence-corrected chi connectivity index (χ4v) is 4.56. The van der Waals surface area contributed by atoms with E-state index in [2.05, 4.69) is 19.6 Å². The van der Waals surface area contributed by atoms with E-state index in [0.29, 0.717) is 36.2 Å². The van der Waals surface area contributed by atoms with Crippen molar-refractivity contribution in [2.24, 2.45) is 0 Å². The number of ether oxygens (including phenoxy) is 3. The van der Waals surface area contributed by atoms with Crippen molar-refractivity contribution in [1.82, 2.24) is 14.7 Å². The number of benzene rings is 1. The first kappa shape index (κ1) is 22.3. The summed E-state index contributed by atoms with van der Waals surface area (Å²) in [4.78, 5) is 11.1. The molecule has 1 aromatic heterocycles. The third-order valence-corrected chi connectivity index (χ3v) is 6.37. The molecule has 0 atom stereocenters. The van der Waals surface area contributed by atoms with Crippen LogP contribution in [0.15, 0.2) is 23.1 Å². The van der Waals surface area contributed by atoms with Gasteiger partial charge in [-0.2, -0.15) is 4.98 Å². The molecular weight excluding hydrogens is 408 g/mol. The van der Waals surface area contributed by atoms with Crippen molar-refractivity contribution in [1.29, 1.82) is 0 Å². The van der Waals surface area contributed by atoms with Gasteiger partial charge in [0.1, 0.15) is 24.0 Å². The average molecular weight is 437 g/mol. The summed E-state index contributed by atoms with van der Waals surface area (Å²) in [7, 11) is -2.11. The number of anilines is 1. The molecule has 2 aromatic rings. The number of sulfonamides is 1. The molecular formula is C20H28N4O5S. The number of rotatable bonds is 8. The van der Waals surface area contributed by atoms with E-state index < -0.39 is 10.0 Å². The molecule has 1 aliphatic heterocycles. The Bertz CT molecular complexity index is 991. The highest BCUT2D eigenvalue weighted by Gasteiger charge is 2.19. The van der Waals surface area contributed by atoms with Gasteiger partial charge in [0.25, 0.3) is 0 Å². The van der Waals surface area contributed by atoms with Crippen molar-refractivity contribution in [2.75, 3.05) is 51.5 Å². The van der Waals surface area contributed by atoms with Gasteiger partial charge in [-0.05, 0) is 44.0 Å². The summed E-state index contributed by atoms with van der Waals surface area (Å²) in [5, 5.41) is 0. The minimum absolute atomic E-state index is 0.114. The smallest absolute Gasteiger partial charge is 0.240 e. The Balaban J connectivity index is 1.60. The predicted molar refractivity (Wildman–Crippen MR) is 113 cm³/mol. The highest BCUT2D eigenvalue weighted by atomic mass is 32.2. The molecule has 0 aliphatic carbocycles. The summed E-state index contributed by atoms with van der Waals surface area (Å²) in [6.07, 6.45) is 0. The quantitative estimate of drug-likeness (QED) is 0.623. The van der Waals surface area contributed by atoms with Gasteiger partial charge in [-0.15, -0.1) is 0 Å². The second kappa shape index (κ2) is 9.59. The summed E-state index contributed by atoms with van der Waals surface area (Å²) >= 11 is 0. The van der Waals surface area contributed by atoms with Crippen molar-refractivity contribution >= 4 is 15.8 Å². The maximum Gasteiger partial charge on any atom is 0.240 e. The zero-order valence-electron chi connectivity index (χ0n) is 17.8. The predicted octanol–water partition coefficient (Wildman–Crippen LogP) is 1.60. The number of aromatic nitrogens is 2. The molecule has 1 aromatic carbocycles. The molecule has 30 heavy (non-hydrogen) atoms. The van der Waals surface area contributed by atoms with E-state index in [1.165, 1.54) is 0 Å². The molecule has 10 heteroatoms. The fraction of sp³-hybridized carbons (Fsp3) is 0.500. The van der Waals surface area contributed by atoms with Crippen LogP contribution in [0, 0.1) is 20.8 Å². The van der Waals surface area contributed by atoms with Gasteiger partial charge >= 0.3 is 0 Å². The molecule has 0 saturated carbocycles. The van der Waals surface area contributed by atoms with Crippen LogP contribution in [0.25, 0.3) is 0 Å². The zero-order chi connectivity index (χ0) is 21.7. The third-order valence-electron chi connectivity index (χ3n) is 4.76. The third kappa shape index (κ3) is 5.38. The summed E-state index contributed by atoms with van der Waals surface area (Å²) in [6, 6.07) is 5.10. The number of aryl methyl sites for hydroxylation is 3. The molecule has 0 amide bonds. The Morgan fingerprint density at radius 2 is 1.83 bits per heavy atom. The largest absolute Gasteiger partial charge is 0.496 e. The number of morpholine rings is 1. The van der Waals surface area contributed by atoms with Crippen molar-refractivity contribution in [3.05, 3.63) is 35.2 Å². The van der Waals surface area contributed by atoms with Gasteiger partial charge in [0.2, 0.25) is 15.9 Å². The first-order valence-corrected chi connectivity index (χ1v) is 11.2. The standard InChI is InChI=1S/C20H28N4O5S/c1-14-12-18(15(2)11-17(14)27-4)30(25,26)21-5-8-29-20-13-19(22-16(3)23-20)24-6-9-28-10-7-24/h11-13,21H,5-10H2,1-4H3. The van der Waals surface area contributed by atoms with E-state index in [9.17, 15) is 8.42 Å². The van der Waals surface area contributed by atoms with E-state index in [-0.39, 0.29) is 18.0 Å². The Morgan fingerprint density at radius 1 is 1.10 bits per heavy atom. The molecule has 0 unspecified atom stereocenters. The van der Waals surface area contributed by atoms with Crippen LogP contribution >= 0.6 is 0 Å². The first-order valence-electron chi connectivity index (χ1n) is 9.76. The highest BCUT2D eigenvalue weighted by Crippen LogP contribution is 2.25. The van der Waals surface area contributed by atoms with Crippen LogP contribution < -0.4 is 19.1 Å². The van der Waals surface area contributed by atoms with E-state index >= 15 is 0 Å². The first-order chi connectivity index (χ1) is 14.3. The normalized spacial score (nSPS) is 14.6. The van der Waals surface area contributed by atoms with E-state index in [0.717, 1.165) is 24.5 Å². The molecule has 0 spiro atoms. The van der Waals surface area contributed by atoms with E-state index in [1.54, 1.807) is 39.2 Å². The van der Waals surface area contributed by atoms with E-state index in [4.69, 9.17) is 14.2 Å². The lowest BCUT2D eigenvalue weighted by Crippen LogP contribution is -2.37. The topological polar surface area (TPSA) is 103 Å². The van der Waals surface area contributed by atoms with Gasteiger partial charge in [0.15, 0.2) is 0 Å². The molecule has 1 N–H and O–H groups in total. The number of methoxy groups -OCH3 is 1. The van der Waals surface area contributed by atoms with Gasteiger partial charge in [0, 0.05) is 25.7 Å². The van der Waals surface area contributed by atoms with Crippen LogP contribution in [0.4, 0.5) is 5.82 Å². The molecule has 0 bridgehead atoms. The lowest BCUT2D eigenvalue weighted by Gasteiger charge is -2.28. The maximum atomic E-state index is 12.7. The summed E-state index contributed by atoms with van der Waals surface area (Å²) < 4.78 is 44.2. The maximum absolute atomic E-state index is 12.7. The van der Waals surface area contributed by atoms with Gasteiger partial charge in [-0.3, -0.25) is 0 Å². The molecule has 1 aliphatic rings. The summed E-state index contributed by atoms with van der Waals surface area (Å²) in [5.74, 6) is 2.45. The lowest BCUT2D eigenvalue weighted by molar-refractivity contribution is 0.122. The summed E-state index contributed by atoms with van der Waals surface area (Å²) in [5.41, 5.74) is 1.37. The van der Waals surface area contributed by atoms with Crippen LogP contribution in [-0.2, 0) is 14.8 Å². The molecule has 164 valence electrons. The van der Waals surface area contributed by atoms with Gasteiger partial charge < -0.3 is 19.1 Å². The van der Waals surface area contributed by atoms with Crippen LogP contribution in [0.1, 0.15) is 17.0 Å². The van der Waals surface area contributed by atoms with Crippen LogP contribution in [0.2, 0.25) is 0 Å². The Labute approximate surface area is 177 Å². The van der Waals surface area contributed by atoms with Crippen molar-refractivity contribution in [3.8, 4) is 11.6 Å². The van der Waals surface area contributed by atoms with Crippen LogP contribution in [0.3, 0.4) is 0 Å². The number of nitrogens with one attached hydrogen (secondary N) is 1. The van der Waals surface area contributed by atoms with Crippen LogP contribution in [-0.4, -0.2) is 65.0 Å². The second-order valence-electron chi connectivity index (χ2n) is 7.04. The average Bonchev–Trinajstić information content (AvgIpc) is 2.72. The van der Waals surface area contributed by atoms with E-state index in [1.807, 2.05) is 6.92 Å². The minimum atomic E-state index is -3.67. The lowest BCUT2D eigenvalue weighted by atomic mass is 10.1. The fourth-order valence-electron chi connectivity index (χ4n) is 3.24. The zero-order valence-corrected chi connectivity index (χ0v) is 18.6. The highest BCUT2D eigenvalue weighted by molar-refractivity contribution is 7.89. The molecule has 2 heterocycles. The molecule has 3 rings (SSSR count). The van der Waals surface area contributed by atoms with Gasteiger partial charge in [-0.25, -0.2) is 18.1 Å². The van der Waals surface area contributed by atoms with Crippen LogP contribution in [0.5, 0.6) is 11.6 Å². The number of nitrogens with zero attached hydrogens (tertiary/aromatic N) is 3.